The van der Waals surface area contributed by atoms with Crippen LogP contribution in [-0.2, 0) is 9.59 Å². The molecule has 1 saturated carbocycles. The molecular weight excluding hydrogens is 266 g/mol. The van der Waals surface area contributed by atoms with Crippen LogP contribution in [0.1, 0.15) is 51.4 Å². The van der Waals surface area contributed by atoms with Crippen LogP contribution in [0, 0.1) is 5.92 Å². The number of nitrogens with zero attached hydrogens (tertiary/aromatic N) is 1. The van der Waals surface area contributed by atoms with E-state index in [9.17, 15) is 9.59 Å². The third kappa shape index (κ3) is 3.57. The Bertz CT molecular complexity index is 393. The molecule has 3 aliphatic rings. The smallest absolute Gasteiger partial charge is 0.239 e. The maximum Gasteiger partial charge on any atom is 0.239 e. The number of piperidine rings is 2. The summed E-state index contributed by atoms with van der Waals surface area (Å²) >= 11 is 0. The Morgan fingerprint density at radius 3 is 2.81 bits per heavy atom. The number of fused-ring (bicyclic) bond motifs is 1. The maximum absolute atomic E-state index is 12.3. The number of rotatable bonds is 3. The first kappa shape index (κ1) is 14.8. The lowest BCUT2D eigenvalue weighted by molar-refractivity contribution is -0.144. The minimum Gasteiger partial charge on any atom is -0.352 e. The quantitative estimate of drug-likeness (QED) is 0.817. The van der Waals surface area contributed by atoms with Crippen LogP contribution in [-0.4, -0.2) is 48.4 Å². The molecule has 2 saturated heterocycles. The van der Waals surface area contributed by atoms with Crippen molar-refractivity contribution in [1.29, 1.82) is 0 Å². The minimum absolute atomic E-state index is 0.0365. The monoisotopic (exact) mass is 293 g/mol. The van der Waals surface area contributed by atoms with Crippen molar-refractivity contribution in [2.45, 2.75) is 63.5 Å². The van der Waals surface area contributed by atoms with Crippen molar-refractivity contribution in [1.82, 2.24) is 15.5 Å². The molecular formula is C16H27N3O2. The molecule has 2 unspecified atom stereocenters. The van der Waals surface area contributed by atoms with Crippen LogP contribution in [0.4, 0.5) is 0 Å². The average Bonchev–Trinajstić information content (AvgIpc) is 2.51. The SMILES string of the molecule is O=C(CN1C(=O)CCC2CNCCC21)NC1CCCCC1. The molecule has 0 radical (unpaired) electrons. The van der Waals surface area contributed by atoms with Gasteiger partial charge in [-0.15, -0.1) is 0 Å². The molecule has 0 aromatic heterocycles. The van der Waals surface area contributed by atoms with Gasteiger partial charge in [-0.2, -0.15) is 0 Å². The van der Waals surface area contributed by atoms with E-state index in [2.05, 4.69) is 10.6 Å². The lowest BCUT2D eigenvalue weighted by atomic mass is 9.84. The Hall–Kier alpha value is -1.10. The van der Waals surface area contributed by atoms with E-state index in [-0.39, 0.29) is 24.4 Å². The Labute approximate surface area is 126 Å². The molecule has 5 heteroatoms. The summed E-state index contributed by atoms with van der Waals surface area (Å²) in [4.78, 5) is 26.3. The molecule has 3 fully saturated rings. The fourth-order valence-electron chi connectivity index (χ4n) is 4.13. The Morgan fingerprint density at radius 2 is 2.00 bits per heavy atom. The highest BCUT2D eigenvalue weighted by molar-refractivity contribution is 5.85. The zero-order chi connectivity index (χ0) is 14.7. The molecule has 2 aliphatic heterocycles. The Morgan fingerprint density at radius 1 is 1.19 bits per heavy atom. The van der Waals surface area contributed by atoms with Crippen LogP contribution < -0.4 is 10.6 Å². The van der Waals surface area contributed by atoms with Crippen molar-refractivity contribution in [2.24, 2.45) is 5.92 Å². The summed E-state index contributed by atoms with van der Waals surface area (Å²) in [5.41, 5.74) is 0. The second-order valence-corrected chi connectivity index (χ2v) is 6.78. The van der Waals surface area contributed by atoms with Gasteiger partial charge in [0, 0.05) is 18.5 Å². The first-order valence-electron chi connectivity index (χ1n) is 8.53. The van der Waals surface area contributed by atoms with Gasteiger partial charge < -0.3 is 15.5 Å². The summed E-state index contributed by atoms with van der Waals surface area (Å²) in [5, 5.41) is 6.53. The molecule has 5 nitrogen and oxygen atoms in total. The van der Waals surface area contributed by atoms with Gasteiger partial charge in [-0.25, -0.2) is 0 Å². The first-order valence-corrected chi connectivity index (χ1v) is 8.53. The van der Waals surface area contributed by atoms with Gasteiger partial charge in [-0.3, -0.25) is 9.59 Å². The van der Waals surface area contributed by atoms with Crippen molar-refractivity contribution in [3.63, 3.8) is 0 Å². The predicted octanol–water partition coefficient (Wildman–Crippen LogP) is 1.04. The molecule has 0 aromatic carbocycles. The van der Waals surface area contributed by atoms with Crippen LogP contribution in [0.25, 0.3) is 0 Å². The molecule has 0 aromatic rings. The van der Waals surface area contributed by atoms with E-state index in [1.807, 2.05) is 4.90 Å². The molecule has 2 N–H and O–H groups in total. The van der Waals surface area contributed by atoms with E-state index in [4.69, 9.17) is 0 Å². The number of hydrogen-bond donors (Lipinski definition) is 2. The second-order valence-electron chi connectivity index (χ2n) is 6.78. The van der Waals surface area contributed by atoms with E-state index < -0.39 is 0 Å². The number of nitrogens with one attached hydrogen (secondary N) is 2. The fourth-order valence-corrected chi connectivity index (χ4v) is 4.13. The largest absolute Gasteiger partial charge is 0.352 e. The van der Waals surface area contributed by atoms with Crippen molar-refractivity contribution in [2.75, 3.05) is 19.6 Å². The normalized spacial score (nSPS) is 30.9. The summed E-state index contributed by atoms with van der Waals surface area (Å²) in [6.45, 7) is 2.20. The predicted molar refractivity (Wildman–Crippen MR) is 80.7 cm³/mol. The molecule has 2 amide bonds. The summed E-state index contributed by atoms with van der Waals surface area (Å²) in [6.07, 6.45) is 8.44. The van der Waals surface area contributed by atoms with Gasteiger partial charge in [-0.05, 0) is 44.7 Å². The summed E-state index contributed by atoms with van der Waals surface area (Å²) in [6, 6.07) is 0.597. The lowest BCUT2D eigenvalue weighted by Gasteiger charge is -2.43. The highest BCUT2D eigenvalue weighted by Crippen LogP contribution is 2.28. The second kappa shape index (κ2) is 6.77. The summed E-state index contributed by atoms with van der Waals surface area (Å²) in [7, 11) is 0. The third-order valence-corrected chi connectivity index (χ3v) is 5.30. The third-order valence-electron chi connectivity index (χ3n) is 5.30. The molecule has 1 aliphatic carbocycles. The van der Waals surface area contributed by atoms with Gasteiger partial charge >= 0.3 is 0 Å². The topological polar surface area (TPSA) is 61.4 Å². The van der Waals surface area contributed by atoms with Crippen LogP contribution >= 0.6 is 0 Å². The molecule has 0 spiro atoms. The number of carbonyl (C=O) groups excluding carboxylic acids is 2. The van der Waals surface area contributed by atoms with Crippen LogP contribution in [0.15, 0.2) is 0 Å². The molecule has 118 valence electrons. The Balaban J connectivity index is 1.56. The fraction of sp³-hybridized carbons (Fsp3) is 0.875. The van der Waals surface area contributed by atoms with Crippen molar-refractivity contribution in [3.8, 4) is 0 Å². The highest BCUT2D eigenvalue weighted by Gasteiger charge is 2.37. The van der Waals surface area contributed by atoms with Gasteiger partial charge in [0.2, 0.25) is 11.8 Å². The number of amides is 2. The van der Waals surface area contributed by atoms with Crippen LogP contribution in [0.2, 0.25) is 0 Å². The van der Waals surface area contributed by atoms with Crippen molar-refractivity contribution < 1.29 is 9.59 Å². The number of likely N-dealkylation sites (tertiary alicyclic amines) is 1. The maximum atomic E-state index is 12.3. The molecule has 0 bridgehead atoms. The Kier molecular flexibility index (Phi) is 4.78. The standard InChI is InChI=1S/C16H27N3O2/c20-15(18-13-4-2-1-3-5-13)11-19-14-8-9-17-10-12(14)6-7-16(19)21/h12-14,17H,1-11H2,(H,18,20). The zero-order valence-electron chi connectivity index (χ0n) is 12.8. The molecule has 21 heavy (non-hydrogen) atoms. The first-order chi connectivity index (χ1) is 10.2. The van der Waals surface area contributed by atoms with E-state index in [0.717, 1.165) is 38.8 Å². The highest BCUT2D eigenvalue weighted by atomic mass is 16.2. The lowest BCUT2D eigenvalue weighted by Crippen LogP contribution is -2.57. The van der Waals surface area contributed by atoms with Gasteiger partial charge in [0.05, 0.1) is 6.54 Å². The molecule has 2 heterocycles. The van der Waals surface area contributed by atoms with E-state index in [1.165, 1.54) is 19.3 Å². The molecule has 2 atom stereocenters. The van der Waals surface area contributed by atoms with Crippen LogP contribution in [0.3, 0.4) is 0 Å². The summed E-state index contributed by atoms with van der Waals surface area (Å²) < 4.78 is 0. The van der Waals surface area contributed by atoms with E-state index in [0.29, 0.717) is 18.4 Å². The van der Waals surface area contributed by atoms with Gasteiger partial charge in [0.15, 0.2) is 0 Å². The van der Waals surface area contributed by atoms with Gasteiger partial charge in [-0.1, -0.05) is 19.3 Å². The van der Waals surface area contributed by atoms with Crippen molar-refractivity contribution in [3.05, 3.63) is 0 Å². The average molecular weight is 293 g/mol. The van der Waals surface area contributed by atoms with E-state index >= 15 is 0 Å². The number of carbonyl (C=O) groups is 2. The van der Waals surface area contributed by atoms with Crippen molar-refractivity contribution >= 4 is 11.8 Å². The number of hydrogen-bond acceptors (Lipinski definition) is 3. The zero-order valence-corrected chi connectivity index (χ0v) is 12.8. The minimum atomic E-state index is 0.0365. The van der Waals surface area contributed by atoms with Gasteiger partial charge in [0.25, 0.3) is 0 Å². The molecule has 3 rings (SSSR count). The van der Waals surface area contributed by atoms with Crippen LogP contribution in [0.5, 0.6) is 0 Å². The van der Waals surface area contributed by atoms with E-state index in [1.54, 1.807) is 0 Å². The summed E-state index contributed by atoms with van der Waals surface area (Å²) in [5.74, 6) is 0.727. The van der Waals surface area contributed by atoms with Gasteiger partial charge in [0.1, 0.15) is 0 Å².